The number of carbonyl (C=O) groups excluding carboxylic acids is 1. The molecule has 180 valence electrons. The van der Waals surface area contributed by atoms with Crippen LogP contribution in [0.1, 0.15) is 23.6 Å². The fourth-order valence-electron chi connectivity index (χ4n) is 4.62. The minimum atomic E-state index is -0.134. The zero-order valence-electron chi connectivity index (χ0n) is 20.5. The van der Waals surface area contributed by atoms with Gasteiger partial charge in [-0.2, -0.15) is 0 Å². The lowest BCUT2D eigenvalue weighted by atomic mass is 10.1. The van der Waals surface area contributed by atoms with Crippen molar-refractivity contribution >= 4 is 23.2 Å². The van der Waals surface area contributed by atoms with Crippen LogP contribution in [0, 0.1) is 13.8 Å². The molecule has 2 aliphatic rings. The molecule has 0 spiro atoms. The van der Waals surface area contributed by atoms with Crippen LogP contribution in [-0.2, 0) is 0 Å². The van der Waals surface area contributed by atoms with Crippen molar-refractivity contribution in [3.05, 3.63) is 77.4 Å². The summed E-state index contributed by atoms with van der Waals surface area (Å²) >= 11 is 0. The lowest BCUT2D eigenvalue weighted by Crippen LogP contribution is -2.56. The molecule has 7 nitrogen and oxygen atoms in total. The normalized spacial score (nSPS) is 16.9. The minimum absolute atomic E-state index is 0.0175. The first-order chi connectivity index (χ1) is 16.9. The number of benzene rings is 3. The van der Waals surface area contributed by atoms with Crippen LogP contribution in [0.3, 0.4) is 0 Å². The largest absolute Gasteiger partial charge is 0.495 e. The number of rotatable bonds is 2. The second-order valence-electron chi connectivity index (χ2n) is 9.13. The van der Waals surface area contributed by atoms with E-state index in [1.54, 1.807) is 7.11 Å². The predicted octanol–water partition coefficient (Wildman–Crippen LogP) is 5.73. The molecular formula is C28H30N4O3. The van der Waals surface area contributed by atoms with Gasteiger partial charge in [0.2, 0.25) is 0 Å². The van der Waals surface area contributed by atoms with Gasteiger partial charge >= 0.3 is 6.03 Å². The summed E-state index contributed by atoms with van der Waals surface area (Å²) in [5, 5.41) is 3.00. The van der Waals surface area contributed by atoms with E-state index in [1.165, 1.54) is 0 Å². The van der Waals surface area contributed by atoms with Gasteiger partial charge in [-0.3, -0.25) is 0 Å². The number of piperazine rings is 1. The topological polar surface area (TPSA) is 66.4 Å². The Labute approximate surface area is 206 Å². The minimum Gasteiger partial charge on any atom is -0.495 e. The molecule has 5 rings (SSSR count). The van der Waals surface area contributed by atoms with E-state index >= 15 is 0 Å². The summed E-state index contributed by atoms with van der Waals surface area (Å²) in [6.07, 6.45) is 0. The van der Waals surface area contributed by atoms with Crippen LogP contribution >= 0.6 is 0 Å². The van der Waals surface area contributed by atoms with Crippen molar-refractivity contribution in [1.82, 2.24) is 9.80 Å². The standard InChI is InChI=1S/C28H30N4O3/c1-18-10-12-24-21(15-18)27(29-23-11-9-19(2)16-26(23)35-24)31-13-14-32(20(3)17-31)28(33)30-22-7-5-6-8-25(22)34-4/h5-12,15-16,20H,13-14,17H2,1-4H3,(H,30,33). The number of amides is 2. The molecule has 1 saturated heterocycles. The molecule has 0 aliphatic carbocycles. The van der Waals surface area contributed by atoms with Gasteiger partial charge in [-0.1, -0.05) is 29.8 Å². The van der Waals surface area contributed by atoms with E-state index < -0.39 is 0 Å². The molecule has 1 N–H and O–H groups in total. The molecule has 0 aromatic heterocycles. The summed E-state index contributed by atoms with van der Waals surface area (Å²) in [5.41, 5.74) is 4.71. The number of amidine groups is 1. The van der Waals surface area contributed by atoms with Gasteiger partial charge in [-0.15, -0.1) is 0 Å². The molecule has 1 fully saturated rings. The van der Waals surface area contributed by atoms with Gasteiger partial charge in [-0.25, -0.2) is 9.79 Å². The van der Waals surface area contributed by atoms with E-state index in [2.05, 4.69) is 36.2 Å². The Morgan fingerprint density at radius 3 is 2.60 bits per heavy atom. The lowest BCUT2D eigenvalue weighted by molar-refractivity contribution is 0.144. The molecule has 35 heavy (non-hydrogen) atoms. The van der Waals surface area contributed by atoms with Gasteiger partial charge in [-0.05, 0) is 62.7 Å². The average molecular weight is 471 g/mol. The number of hydrogen-bond acceptors (Lipinski definition) is 5. The van der Waals surface area contributed by atoms with E-state index in [9.17, 15) is 4.79 Å². The van der Waals surface area contributed by atoms with E-state index in [0.717, 1.165) is 39.7 Å². The molecule has 0 bridgehead atoms. The number of ether oxygens (including phenoxy) is 2. The zero-order chi connectivity index (χ0) is 24.5. The van der Waals surface area contributed by atoms with Crippen molar-refractivity contribution in [3.63, 3.8) is 0 Å². The Morgan fingerprint density at radius 1 is 1.03 bits per heavy atom. The Kier molecular flexibility index (Phi) is 6.07. The third-order valence-electron chi connectivity index (χ3n) is 6.47. The lowest BCUT2D eigenvalue weighted by Gasteiger charge is -2.41. The maximum Gasteiger partial charge on any atom is 0.322 e. The van der Waals surface area contributed by atoms with E-state index in [1.807, 2.05) is 60.4 Å². The van der Waals surface area contributed by atoms with Crippen molar-refractivity contribution in [1.29, 1.82) is 0 Å². The van der Waals surface area contributed by atoms with Gasteiger partial charge in [0.25, 0.3) is 0 Å². The number of methoxy groups -OCH3 is 1. The Morgan fingerprint density at radius 2 is 1.80 bits per heavy atom. The Balaban J connectivity index is 1.41. The quantitative estimate of drug-likeness (QED) is 0.519. The fraction of sp³-hybridized carbons (Fsp3) is 0.286. The SMILES string of the molecule is COc1ccccc1NC(=O)N1CCN(C2=Nc3ccc(C)cc3Oc3ccc(C)cc32)CC1C. The maximum absolute atomic E-state index is 13.1. The predicted molar refractivity (Wildman–Crippen MR) is 138 cm³/mol. The average Bonchev–Trinajstić information content (AvgIpc) is 3.00. The third-order valence-corrected chi connectivity index (χ3v) is 6.47. The molecule has 1 atom stereocenters. The molecule has 2 heterocycles. The summed E-state index contributed by atoms with van der Waals surface area (Å²) < 4.78 is 11.7. The van der Waals surface area contributed by atoms with Gasteiger partial charge in [0.05, 0.1) is 18.4 Å². The van der Waals surface area contributed by atoms with Crippen LogP contribution in [0.15, 0.2) is 65.7 Å². The van der Waals surface area contributed by atoms with Crippen LogP contribution < -0.4 is 14.8 Å². The van der Waals surface area contributed by atoms with E-state index in [0.29, 0.717) is 31.1 Å². The Bertz CT molecular complexity index is 1300. The first kappa shape index (κ1) is 22.8. The highest BCUT2D eigenvalue weighted by Gasteiger charge is 2.32. The first-order valence-corrected chi connectivity index (χ1v) is 11.9. The van der Waals surface area contributed by atoms with Crippen molar-refractivity contribution in [2.75, 3.05) is 32.1 Å². The highest BCUT2D eigenvalue weighted by molar-refractivity contribution is 6.04. The zero-order valence-corrected chi connectivity index (χ0v) is 20.5. The smallest absolute Gasteiger partial charge is 0.322 e. The summed E-state index contributed by atoms with van der Waals surface area (Å²) in [6.45, 7) is 8.08. The monoisotopic (exact) mass is 470 g/mol. The molecule has 2 amide bonds. The fourth-order valence-corrected chi connectivity index (χ4v) is 4.62. The first-order valence-electron chi connectivity index (χ1n) is 11.9. The summed E-state index contributed by atoms with van der Waals surface area (Å²) in [5.74, 6) is 3.07. The van der Waals surface area contributed by atoms with Crippen LogP contribution in [0.2, 0.25) is 0 Å². The number of aliphatic imine (C=N–C) groups is 1. The molecular weight excluding hydrogens is 440 g/mol. The van der Waals surface area contributed by atoms with Gasteiger partial charge in [0, 0.05) is 25.7 Å². The van der Waals surface area contributed by atoms with Crippen LogP contribution in [-0.4, -0.2) is 54.5 Å². The van der Waals surface area contributed by atoms with Crippen LogP contribution in [0.4, 0.5) is 16.2 Å². The molecule has 0 radical (unpaired) electrons. The Hall–Kier alpha value is -4.00. The molecule has 3 aromatic rings. The highest BCUT2D eigenvalue weighted by Crippen LogP contribution is 2.39. The summed E-state index contributed by atoms with van der Waals surface area (Å²) in [4.78, 5) is 22.3. The molecule has 7 heteroatoms. The third kappa shape index (κ3) is 4.54. The number of anilines is 1. The molecule has 0 saturated carbocycles. The number of urea groups is 1. The molecule has 3 aromatic carbocycles. The number of fused-ring (bicyclic) bond motifs is 2. The number of aryl methyl sites for hydroxylation is 2. The van der Waals surface area contributed by atoms with Crippen molar-refractivity contribution in [3.8, 4) is 17.2 Å². The van der Waals surface area contributed by atoms with Gasteiger partial charge in [0.1, 0.15) is 23.0 Å². The number of carbonyl (C=O) groups is 1. The summed E-state index contributed by atoms with van der Waals surface area (Å²) in [7, 11) is 1.60. The molecule has 2 aliphatic heterocycles. The van der Waals surface area contributed by atoms with Gasteiger partial charge in [0.15, 0.2) is 5.75 Å². The second kappa shape index (κ2) is 9.33. The molecule has 1 unspecified atom stereocenters. The van der Waals surface area contributed by atoms with Crippen LogP contribution in [0.5, 0.6) is 17.2 Å². The maximum atomic E-state index is 13.1. The van der Waals surface area contributed by atoms with E-state index in [4.69, 9.17) is 14.5 Å². The van der Waals surface area contributed by atoms with Crippen molar-refractivity contribution in [2.24, 2.45) is 4.99 Å². The van der Waals surface area contributed by atoms with Gasteiger partial charge < -0.3 is 24.6 Å². The number of nitrogens with zero attached hydrogens (tertiary/aromatic N) is 3. The van der Waals surface area contributed by atoms with Crippen LogP contribution in [0.25, 0.3) is 0 Å². The van der Waals surface area contributed by atoms with Crippen molar-refractivity contribution < 1.29 is 14.3 Å². The highest BCUT2D eigenvalue weighted by atomic mass is 16.5. The van der Waals surface area contributed by atoms with E-state index in [-0.39, 0.29) is 12.1 Å². The second-order valence-corrected chi connectivity index (χ2v) is 9.13. The number of nitrogens with one attached hydrogen (secondary N) is 1. The number of hydrogen-bond donors (Lipinski definition) is 1. The number of para-hydroxylation sites is 2. The summed E-state index contributed by atoms with van der Waals surface area (Å²) in [6, 6.07) is 19.6. The van der Waals surface area contributed by atoms with Crippen molar-refractivity contribution in [2.45, 2.75) is 26.8 Å².